The van der Waals surface area contributed by atoms with E-state index in [0.29, 0.717) is 18.8 Å². The summed E-state index contributed by atoms with van der Waals surface area (Å²) < 4.78 is 17.2. The first-order valence-corrected chi connectivity index (χ1v) is 10.6. The van der Waals surface area contributed by atoms with Gasteiger partial charge in [0.05, 0.1) is 25.6 Å². The van der Waals surface area contributed by atoms with Crippen LogP contribution in [-0.2, 0) is 9.53 Å². The van der Waals surface area contributed by atoms with Crippen LogP contribution in [0.15, 0.2) is 53.2 Å². The average Bonchev–Trinajstić information content (AvgIpc) is 3.15. The first-order chi connectivity index (χ1) is 14.9. The highest BCUT2D eigenvalue weighted by Crippen LogP contribution is 2.37. The lowest BCUT2D eigenvalue weighted by Gasteiger charge is -2.34. The summed E-state index contributed by atoms with van der Waals surface area (Å²) in [5.74, 6) is 0.676. The minimum absolute atomic E-state index is 0.00685. The number of ether oxygens (including phenoxy) is 2. The monoisotopic (exact) mass is 419 g/mol. The molecular weight excluding hydrogens is 390 g/mol. The van der Waals surface area contributed by atoms with Gasteiger partial charge in [-0.05, 0) is 44.9 Å². The van der Waals surface area contributed by atoms with Crippen LogP contribution in [0.25, 0.3) is 27.7 Å². The number of allylic oxidation sites excluding steroid dienone is 1. The van der Waals surface area contributed by atoms with Gasteiger partial charge in [-0.1, -0.05) is 29.8 Å². The number of amides is 1. The molecule has 2 heterocycles. The SMILES string of the molecule is COc1cc2occ(-c3ccc(C)cc3)c2cc1/C(C)=C/C(=O)N1CC(C)OC(C)C1. The lowest BCUT2D eigenvalue weighted by atomic mass is 9.98. The Labute approximate surface area is 183 Å². The van der Waals surface area contributed by atoms with Crippen molar-refractivity contribution in [1.29, 1.82) is 0 Å². The summed E-state index contributed by atoms with van der Waals surface area (Å²) in [6, 6.07) is 12.3. The van der Waals surface area contributed by atoms with Crippen LogP contribution in [-0.4, -0.2) is 43.2 Å². The van der Waals surface area contributed by atoms with Crippen molar-refractivity contribution in [3.63, 3.8) is 0 Å². The molecule has 5 nitrogen and oxygen atoms in total. The van der Waals surface area contributed by atoms with Crippen molar-refractivity contribution >= 4 is 22.4 Å². The molecule has 1 aliphatic heterocycles. The highest BCUT2D eigenvalue weighted by atomic mass is 16.5. The zero-order valence-electron chi connectivity index (χ0n) is 18.8. The fourth-order valence-electron chi connectivity index (χ4n) is 4.20. The maximum Gasteiger partial charge on any atom is 0.247 e. The van der Waals surface area contributed by atoms with Crippen LogP contribution in [0.1, 0.15) is 31.9 Å². The van der Waals surface area contributed by atoms with Crippen molar-refractivity contribution in [3.8, 4) is 16.9 Å². The van der Waals surface area contributed by atoms with E-state index in [4.69, 9.17) is 13.9 Å². The number of benzene rings is 2. The van der Waals surface area contributed by atoms with Crippen LogP contribution < -0.4 is 4.74 Å². The molecule has 4 rings (SSSR count). The van der Waals surface area contributed by atoms with Crippen molar-refractivity contribution < 1.29 is 18.7 Å². The molecule has 0 bridgehead atoms. The highest BCUT2D eigenvalue weighted by Gasteiger charge is 2.25. The highest BCUT2D eigenvalue weighted by molar-refractivity contribution is 6.00. The van der Waals surface area contributed by atoms with Crippen LogP contribution in [0.2, 0.25) is 0 Å². The summed E-state index contributed by atoms with van der Waals surface area (Å²) in [4.78, 5) is 14.8. The molecule has 5 heteroatoms. The van der Waals surface area contributed by atoms with Gasteiger partial charge in [0.15, 0.2) is 0 Å². The Bertz CT molecular complexity index is 1120. The molecule has 0 saturated carbocycles. The predicted molar refractivity (Wildman–Crippen MR) is 123 cm³/mol. The van der Waals surface area contributed by atoms with Crippen molar-refractivity contribution in [1.82, 2.24) is 4.90 Å². The molecule has 1 amide bonds. The van der Waals surface area contributed by atoms with Gasteiger partial charge in [-0.25, -0.2) is 0 Å². The van der Waals surface area contributed by atoms with Crippen molar-refractivity contribution in [2.75, 3.05) is 20.2 Å². The number of hydrogen-bond acceptors (Lipinski definition) is 4. The fraction of sp³-hybridized carbons (Fsp3) is 0.346. The number of carbonyl (C=O) groups is 1. The van der Waals surface area contributed by atoms with Crippen LogP contribution >= 0.6 is 0 Å². The van der Waals surface area contributed by atoms with Crippen LogP contribution in [0.4, 0.5) is 0 Å². The van der Waals surface area contributed by atoms with Gasteiger partial charge >= 0.3 is 0 Å². The number of hydrogen-bond donors (Lipinski definition) is 0. The zero-order valence-corrected chi connectivity index (χ0v) is 18.8. The molecule has 1 fully saturated rings. The van der Waals surface area contributed by atoms with Gasteiger partial charge in [-0.15, -0.1) is 0 Å². The third-order valence-electron chi connectivity index (χ3n) is 5.75. The largest absolute Gasteiger partial charge is 0.496 e. The number of aryl methyl sites for hydroxylation is 1. The molecular formula is C26H29NO4. The lowest BCUT2D eigenvalue weighted by Crippen LogP contribution is -2.47. The van der Waals surface area contributed by atoms with Crippen molar-refractivity contribution in [2.24, 2.45) is 0 Å². The molecule has 0 N–H and O–H groups in total. The van der Waals surface area contributed by atoms with E-state index >= 15 is 0 Å². The van der Waals surface area contributed by atoms with Crippen LogP contribution in [0, 0.1) is 6.92 Å². The Hall–Kier alpha value is -3.05. The Morgan fingerprint density at radius 3 is 2.45 bits per heavy atom. The first-order valence-electron chi connectivity index (χ1n) is 10.6. The number of nitrogens with zero attached hydrogens (tertiary/aromatic N) is 1. The van der Waals surface area contributed by atoms with Gasteiger partial charge in [0.2, 0.25) is 5.91 Å². The number of fused-ring (bicyclic) bond motifs is 1. The maximum atomic E-state index is 12.9. The van der Waals surface area contributed by atoms with Gasteiger partial charge in [0.1, 0.15) is 11.3 Å². The average molecular weight is 420 g/mol. The fourth-order valence-corrected chi connectivity index (χ4v) is 4.20. The van der Waals surface area contributed by atoms with E-state index in [1.165, 1.54) is 5.56 Å². The van der Waals surface area contributed by atoms with Gasteiger partial charge in [0.25, 0.3) is 0 Å². The second-order valence-electron chi connectivity index (χ2n) is 8.39. The number of methoxy groups -OCH3 is 1. The minimum atomic E-state index is -0.00685. The maximum absolute atomic E-state index is 12.9. The minimum Gasteiger partial charge on any atom is -0.496 e. The molecule has 162 valence electrons. The van der Waals surface area contributed by atoms with Gasteiger partial charge < -0.3 is 18.8 Å². The Balaban J connectivity index is 1.71. The van der Waals surface area contributed by atoms with E-state index in [0.717, 1.165) is 33.2 Å². The lowest BCUT2D eigenvalue weighted by molar-refractivity contribution is -0.137. The van der Waals surface area contributed by atoms with Crippen molar-refractivity contribution in [2.45, 2.75) is 39.9 Å². The number of rotatable bonds is 4. The van der Waals surface area contributed by atoms with Gasteiger partial charge in [0, 0.05) is 41.7 Å². The summed E-state index contributed by atoms with van der Waals surface area (Å²) in [6.45, 7) is 9.21. The van der Waals surface area contributed by atoms with E-state index in [1.54, 1.807) is 19.4 Å². The molecule has 0 spiro atoms. The van der Waals surface area contributed by atoms with Gasteiger partial charge in [-0.2, -0.15) is 0 Å². The number of carbonyl (C=O) groups excluding carboxylic acids is 1. The molecule has 0 aliphatic carbocycles. The molecule has 1 aliphatic rings. The molecule has 1 aromatic heterocycles. The van der Waals surface area contributed by atoms with Gasteiger partial charge in [-0.3, -0.25) is 4.79 Å². The van der Waals surface area contributed by atoms with E-state index in [9.17, 15) is 4.79 Å². The molecule has 2 unspecified atom stereocenters. The van der Waals surface area contributed by atoms with E-state index in [1.807, 2.05) is 31.7 Å². The van der Waals surface area contributed by atoms with Crippen molar-refractivity contribution in [3.05, 3.63) is 59.9 Å². The Kier molecular flexibility index (Phi) is 5.88. The molecule has 0 radical (unpaired) electrons. The number of furan rings is 1. The summed E-state index contributed by atoms with van der Waals surface area (Å²) in [5.41, 5.74) is 5.82. The number of morpholine rings is 1. The topological polar surface area (TPSA) is 51.9 Å². The van der Waals surface area contributed by atoms with Crippen LogP contribution in [0.3, 0.4) is 0 Å². The summed E-state index contributed by atoms with van der Waals surface area (Å²) in [6.07, 6.45) is 3.55. The standard InChI is InChI=1S/C26H29NO4/c1-16-6-8-20(9-7-16)23-15-30-25-12-24(29-5)21(11-22(23)25)17(2)10-26(28)27-13-18(3)31-19(4)14-27/h6-12,15,18-19H,13-14H2,1-5H3/b17-10+. The zero-order chi connectivity index (χ0) is 22.1. The van der Waals surface area contributed by atoms with Crippen LogP contribution in [0.5, 0.6) is 5.75 Å². The summed E-state index contributed by atoms with van der Waals surface area (Å²) in [7, 11) is 1.63. The third-order valence-corrected chi connectivity index (χ3v) is 5.75. The molecule has 31 heavy (non-hydrogen) atoms. The molecule has 2 aromatic carbocycles. The second-order valence-corrected chi connectivity index (χ2v) is 8.39. The van der Waals surface area contributed by atoms with E-state index < -0.39 is 0 Å². The molecule has 3 aromatic rings. The normalized spacial score (nSPS) is 19.6. The van der Waals surface area contributed by atoms with E-state index in [2.05, 4.69) is 37.3 Å². The predicted octanol–water partition coefficient (Wildman–Crippen LogP) is 5.46. The quantitative estimate of drug-likeness (QED) is 0.527. The third kappa shape index (κ3) is 4.37. The molecule has 1 saturated heterocycles. The second kappa shape index (κ2) is 8.60. The summed E-state index contributed by atoms with van der Waals surface area (Å²) >= 11 is 0. The smallest absolute Gasteiger partial charge is 0.247 e. The summed E-state index contributed by atoms with van der Waals surface area (Å²) in [5, 5.41) is 0.994. The molecule has 2 atom stereocenters. The van der Waals surface area contributed by atoms with E-state index in [-0.39, 0.29) is 18.1 Å². The first kappa shape index (κ1) is 21.2. The Morgan fingerprint density at radius 2 is 1.81 bits per heavy atom. The Morgan fingerprint density at radius 1 is 1.13 bits per heavy atom.